The van der Waals surface area contributed by atoms with Crippen molar-refractivity contribution in [3.05, 3.63) is 42.4 Å². The maximum absolute atomic E-state index is 13.9. The first-order chi connectivity index (χ1) is 16.0. The number of nitrogens with zero attached hydrogens (tertiary/aromatic N) is 5. The number of hydrogen-bond donors (Lipinski definition) is 2. The minimum Gasteiger partial charge on any atom is -0.494 e. The van der Waals surface area contributed by atoms with Crippen molar-refractivity contribution in [1.29, 1.82) is 0 Å². The molecule has 184 valence electrons. The summed E-state index contributed by atoms with van der Waals surface area (Å²) in [5, 5.41) is 8.45. The molecule has 0 aliphatic rings. The van der Waals surface area contributed by atoms with Crippen molar-refractivity contribution in [2.75, 3.05) is 24.8 Å². The van der Waals surface area contributed by atoms with Crippen LogP contribution in [0.1, 0.15) is 5.69 Å². The molecule has 13 heteroatoms. The summed E-state index contributed by atoms with van der Waals surface area (Å²) in [6.07, 6.45) is 2.88. The molecule has 2 aromatic heterocycles. The highest BCUT2D eigenvalue weighted by molar-refractivity contribution is 7.92. The molecule has 3 rings (SSSR count). The van der Waals surface area contributed by atoms with Gasteiger partial charge in [0.15, 0.2) is 5.84 Å². The molecule has 0 fully saturated rings. The predicted molar refractivity (Wildman–Crippen MR) is 135 cm³/mol. The fourth-order valence-electron chi connectivity index (χ4n) is 3.29. The summed E-state index contributed by atoms with van der Waals surface area (Å²) in [5.41, 5.74) is 6.89. The number of aryl methyl sites for hydroxylation is 1. The summed E-state index contributed by atoms with van der Waals surface area (Å²) in [6.45, 7) is 6.92. The van der Waals surface area contributed by atoms with Crippen molar-refractivity contribution in [3.8, 4) is 5.75 Å². The number of hydrogen-bond acceptors (Lipinski definition) is 8. The molecule has 0 bridgehead atoms. The number of ether oxygens (including phenoxy) is 2. The zero-order chi connectivity index (χ0) is 25.1. The zero-order valence-corrected chi connectivity index (χ0v) is 21.8. The summed E-state index contributed by atoms with van der Waals surface area (Å²) in [4.78, 5) is 4.06. The molecule has 34 heavy (non-hydrogen) atoms. The minimum absolute atomic E-state index is 0.00296. The van der Waals surface area contributed by atoms with Gasteiger partial charge in [0, 0.05) is 33.3 Å². The number of nitrogens with two attached hydrogens (primary N) is 2. The SMILES string of the molecule is COc1ccc2cnn(C)c2c1N(COCC[Si](C)(C)C)S(=O)(=O)c1ccc(/C(N)=N/N)nc1. The molecular formula is C21H31N7O4SSi. The van der Waals surface area contributed by atoms with Crippen LogP contribution in [0, 0.1) is 0 Å². The van der Waals surface area contributed by atoms with Gasteiger partial charge in [0.1, 0.15) is 28.8 Å². The van der Waals surface area contributed by atoms with Crippen LogP contribution in [0.4, 0.5) is 5.69 Å². The highest BCUT2D eigenvalue weighted by Crippen LogP contribution is 2.39. The van der Waals surface area contributed by atoms with E-state index in [9.17, 15) is 8.42 Å². The van der Waals surface area contributed by atoms with E-state index in [2.05, 4.69) is 34.8 Å². The molecule has 1 aromatic carbocycles. The first-order valence-corrected chi connectivity index (χ1v) is 15.7. The fraction of sp³-hybridized carbons (Fsp3) is 0.381. The van der Waals surface area contributed by atoms with Gasteiger partial charge in [-0.3, -0.25) is 9.67 Å². The van der Waals surface area contributed by atoms with Crippen molar-refractivity contribution in [2.24, 2.45) is 23.7 Å². The monoisotopic (exact) mass is 505 g/mol. The van der Waals surface area contributed by atoms with Gasteiger partial charge < -0.3 is 21.1 Å². The molecule has 0 spiro atoms. The van der Waals surface area contributed by atoms with Gasteiger partial charge in [-0.25, -0.2) is 12.7 Å². The first-order valence-electron chi connectivity index (χ1n) is 10.6. The molecule has 0 unspecified atom stereocenters. The smallest absolute Gasteiger partial charge is 0.267 e. The average molecular weight is 506 g/mol. The van der Waals surface area contributed by atoms with Crippen LogP contribution in [0.5, 0.6) is 5.75 Å². The van der Waals surface area contributed by atoms with E-state index in [1.807, 2.05) is 6.07 Å². The van der Waals surface area contributed by atoms with Crippen LogP contribution in [-0.4, -0.2) is 57.5 Å². The lowest BCUT2D eigenvalue weighted by Gasteiger charge is -2.27. The molecule has 0 saturated carbocycles. The standard InChI is InChI=1S/C21H31N7O4SSi/c1-27-19-15(12-25-27)6-9-18(31-2)20(19)28(14-32-10-11-34(3,4)5)33(29,30)16-7-8-17(24-13-16)21(22)26-23/h6-9,12-13H,10-11,14,23H2,1-5H3,(H2,22,26). The lowest BCUT2D eigenvalue weighted by Crippen LogP contribution is -2.35. The number of pyridine rings is 1. The van der Waals surface area contributed by atoms with Crippen molar-refractivity contribution < 1.29 is 17.9 Å². The van der Waals surface area contributed by atoms with Gasteiger partial charge in [0.2, 0.25) is 0 Å². The predicted octanol–water partition coefficient (Wildman–Crippen LogP) is 2.06. The van der Waals surface area contributed by atoms with Crippen LogP contribution in [-0.2, 0) is 21.8 Å². The van der Waals surface area contributed by atoms with Crippen LogP contribution in [0.2, 0.25) is 25.7 Å². The van der Waals surface area contributed by atoms with Gasteiger partial charge in [-0.05, 0) is 30.3 Å². The number of hydrazone groups is 1. The summed E-state index contributed by atoms with van der Waals surface area (Å²) in [6, 6.07) is 7.28. The van der Waals surface area contributed by atoms with Gasteiger partial charge in [-0.1, -0.05) is 19.6 Å². The molecule has 4 N–H and O–H groups in total. The van der Waals surface area contributed by atoms with E-state index in [1.165, 1.54) is 29.7 Å². The molecule has 11 nitrogen and oxygen atoms in total. The van der Waals surface area contributed by atoms with Crippen molar-refractivity contribution in [1.82, 2.24) is 14.8 Å². The van der Waals surface area contributed by atoms with Gasteiger partial charge in [0.25, 0.3) is 10.0 Å². The fourth-order valence-corrected chi connectivity index (χ4v) is 5.36. The Morgan fingerprint density at radius 1 is 1.21 bits per heavy atom. The van der Waals surface area contributed by atoms with Crippen LogP contribution in [0.15, 0.2) is 46.7 Å². The Labute approximate surface area is 200 Å². The topological polar surface area (TPSA) is 151 Å². The summed E-state index contributed by atoms with van der Waals surface area (Å²) in [5.74, 6) is 5.57. The third-order valence-corrected chi connectivity index (χ3v) is 8.65. The van der Waals surface area contributed by atoms with Gasteiger partial charge >= 0.3 is 0 Å². The average Bonchev–Trinajstić information content (AvgIpc) is 3.18. The van der Waals surface area contributed by atoms with E-state index in [0.29, 0.717) is 23.6 Å². The Kier molecular flexibility index (Phi) is 7.48. The Bertz CT molecular complexity index is 1280. The van der Waals surface area contributed by atoms with Crippen LogP contribution >= 0.6 is 0 Å². The quantitative estimate of drug-likeness (QED) is 0.0808. The van der Waals surface area contributed by atoms with E-state index >= 15 is 0 Å². The summed E-state index contributed by atoms with van der Waals surface area (Å²) in [7, 11) is -2.25. The van der Waals surface area contributed by atoms with E-state index < -0.39 is 18.1 Å². The van der Waals surface area contributed by atoms with Crippen LogP contribution in [0.25, 0.3) is 10.9 Å². The number of sulfonamides is 1. The van der Waals surface area contributed by atoms with Crippen LogP contribution < -0.4 is 20.6 Å². The van der Waals surface area contributed by atoms with E-state index in [4.69, 9.17) is 21.1 Å². The number of rotatable bonds is 10. The first kappa shape index (κ1) is 25.5. The largest absolute Gasteiger partial charge is 0.494 e. The van der Waals surface area contributed by atoms with Crippen molar-refractivity contribution >= 4 is 40.5 Å². The Balaban J connectivity index is 2.11. The Morgan fingerprint density at radius 3 is 2.53 bits per heavy atom. The van der Waals surface area contributed by atoms with E-state index in [1.54, 1.807) is 24.0 Å². The molecule has 0 radical (unpaired) electrons. The van der Waals surface area contributed by atoms with Gasteiger partial charge in [-0.2, -0.15) is 10.2 Å². The summed E-state index contributed by atoms with van der Waals surface area (Å²) >= 11 is 0. The van der Waals surface area contributed by atoms with E-state index in [0.717, 1.165) is 11.4 Å². The second-order valence-electron chi connectivity index (χ2n) is 8.92. The Hall–Kier alpha value is -3.16. The third kappa shape index (κ3) is 5.32. The molecule has 2 heterocycles. The number of anilines is 1. The molecule has 0 aliphatic carbocycles. The van der Waals surface area contributed by atoms with E-state index in [-0.39, 0.29) is 23.2 Å². The normalized spacial score (nSPS) is 12.8. The van der Waals surface area contributed by atoms with Crippen molar-refractivity contribution in [2.45, 2.75) is 30.6 Å². The summed E-state index contributed by atoms with van der Waals surface area (Å²) < 4.78 is 42.0. The van der Waals surface area contributed by atoms with Crippen LogP contribution in [0.3, 0.4) is 0 Å². The molecule has 0 amide bonds. The number of amidine groups is 1. The third-order valence-electron chi connectivity index (χ3n) is 5.24. The van der Waals surface area contributed by atoms with Crippen molar-refractivity contribution in [3.63, 3.8) is 0 Å². The number of benzene rings is 1. The second-order valence-corrected chi connectivity index (χ2v) is 16.4. The zero-order valence-electron chi connectivity index (χ0n) is 20.0. The maximum atomic E-state index is 13.9. The van der Waals surface area contributed by atoms with Gasteiger partial charge in [-0.15, -0.1) is 0 Å². The molecule has 0 atom stereocenters. The highest BCUT2D eigenvalue weighted by Gasteiger charge is 2.31. The Morgan fingerprint density at radius 2 is 1.94 bits per heavy atom. The number of methoxy groups -OCH3 is 1. The highest BCUT2D eigenvalue weighted by atomic mass is 32.2. The number of aromatic nitrogens is 3. The molecule has 3 aromatic rings. The number of fused-ring (bicyclic) bond motifs is 1. The van der Waals surface area contributed by atoms with Gasteiger partial charge in [0.05, 0.1) is 18.8 Å². The second kappa shape index (κ2) is 9.99. The lowest BCUT2D eigenvalue weighted by molar-refractivity contribution is 0.156. The molecule has 0 aliphatic heterocycles. The maximum Gasteiger partial charge on any atom is 0.267 e. The molecule has 0 saturated heterocycles. The lowest BCUT2D eigenvalue weighted by atomic mass is 10.2. The molecular weight excluding hydrogens is 474 g/mol. The minimum atomic E-state index is -4.11.